The highest BCUT2D eigenvalue weighted by atomic mass is 127. The molecule has 1 heterocycles. The van der Waals surface area contributed by atoms with E-state index in [0.29, 0.717) is 19.1 Å². The Labute approximate surface area is 186 Å². The van der Waals surface area contributed by atoms with E-state index in [0.717, 1.165) is 45.0 Å². The lowest BCUT2D eigenvalue weighted by Crippen LogP contribution is -2.42. The van der Waals surface area contributed by atoms with E-state index >= 15 is 0 Å². The quantitative estimate of drug-likeness (QED) is 0.212. The molecule has 1 atom stereocenters. The summed E-state index contributed by atoms with van der Waals surface area (Å²) in [6.07, 6.45) is 4.62. The highest BCUT2D eigenvalue weighted by Crippen LogP contribution is 2.28. The van der Waals surface area contributed by atoms with Crippen LogP contribution in [0.4, 0.5) is 0 Å². The number of carbonyl (C=O) groups is 1. The molecule has 1 aromatic carbocycles. The predicted molar refractivity (Wildman–Crippen MR) is 125 cm³/mol. The van der Waals surface area contributed by atoms with Crippen LogP contribution in [0.15, 0.2) is 35.3 Å². The van der Waals surface area contributed by atoms with E-state index in [4.69, 9.17) is 4.99 Å². The van der Waals surface area contributed by atoms with Crippen molar-refractivity contribution in [3.05, 3.63) is 35.9 Å². The van der Waals surface area contributed by atoms with E-state index in [1.165, 1.54) is 18.4 Å². The van der Waals surface area contributed by atoms with Crippen LogP contribution in [0.1, 0.15) is 44.2 Å². The van der Waals surface area contributed by atoms with Crippen LogP contribution in [0.2, 0.25) is 0 Å². The first kappa shape index (κ1) is 22.9. The third-order valence-electron chi connectivity index (χ3n) is 5.20. The summed E-state index contributed by atoms with van der Waals surface area (Å²) in [4.78, 5) is 19.1. The van der Waals surface area contributed by atoms with E-state index in [9.17, 15) is 4.79 Å². The van der Waals surface area contributed by atoms with Gasteiger partial charge in [0.05, 0.1) is 12.6 Å². The summed E-state index contributed by atoms with van der Waals surface area (Å²) in [5, 5.41) is 9.63. The summed E-state index contributed by atoms with van der Waals surface area (Å²) in [5.74, 6) is 1.27. The first-order valence-electron chi connectivity index (χ1n) is 10.4. The van der Waals surface area contributed by atoms with Crippen LogP contribution in [-0.4, -0.2) is 56.0 Å². The normalized spacial score (nSPS) is 18.2. The lowest BCUT2D eigenvalue weighted by Gasteiger charge is -2.27. The Morgan fingerprint density at radius 2 is 1.79 bits per heavy atom. The van der Waals surface area contributed by atoms with Gasteiger partial charge in [0.2, 0.25) is 5.91 Å². The molecule has 1 saturated heterocycles. The van der Waals surface area contributed by atoms with Gasteiger partial charge in [-0.05, 0) is 51.3 Å². The number of nitrogens with zero attached hydrogens (tertiary/aromatic N) is 2. The van der Waals surface area contributed by atoms with Gasteiger partial charge in [0.1, 0.15) is 0 Å². The number of carbonyl (C=O) groups excluding carboxylic acids is 1. The van der Waals surface area contributed by atoms with E-state index in [-0.39, 0.29) is 35.8 Å². The monoisotopic (exact) mass is 499 g/mol. The number of rotatable bonds is 9. The number of likely N-dealkylation sites (tertiary alicyclic amines) is 1. The first-order chi connectivity index (χ1) is 13.3. The molecule has 7 heteroatoms. The Bertz CT molecular complexity index is 614. The number of benzene rings is 1. The maximum absolute atomic E-state index is 11.7. The van der Waals surface area contributed by atoms with Crippen molar-refractivity contribution >= 4 is 35.8 Å². The van der Waals surface area contributed by atoms with Crippen LogP contribution in [0.3, 0.4) is 0 Å². The third kappa shape index (κ3) is 7.24. The maximum Gasteiger partial charge on any atom is 0.223 e. The molecule has 6 nitrogen and oxygen atoms in total. The lowest BCUT2D eigenvalue weighted by atomic mass is 10.1. The molecule has 1 aliphatic carbocycles. The molecule has 1 amide bonds. The average molecular weight is 499 g/mol. The molecule has 0 aromatic heterocycles. The van der Waals surface area contributed by atoms with Gasteiger partial charge in [0, 0.05) is 25.6 Å². The summed E-state index contributed by atoms with van der Waals surface area (Å²) in [6, 6.07) is 11.0. The number of nitrogens with one attached hydrogen (secondary N) is 3. The minimum Gasteiger partial charge on any atom is -0.357 e. The summed E-state index contributed by atoms with van der Waals surface area (Å²) in [5.41, 5.74) is 1.33. The Hall–Kier alpha value is -1.35. The molecule has 0 bridgehead atoms. The van der Waals surface area contributed by atoms with Crippen molar-refractivity contribution in [2.24, 2.45) is 10.9 Å². The van der Waals surface area contributed by atoms with Crippen molar-refractivity contribution < 1.29 is 4.79 Å². The molecular weight excluding hydrogens is 465 g/mol. The minimum atomic E-state index is 0. The molecule has 2 fully saturated rings. The average Bonchev–Trinajstić information content (AvgIpc) is 3.42. The van der Waals surface area contributed by atoms with Gasteiger partial charge in [-0.15, -0.1) is 24.0 Å². The second-order valence-electron chi connectivity index (χ2n) is 7.38. The number of amides is 1. The smallest absolute Gasteiger partial charge is 0.223 e. The van der Waals surface area contributed by atoms with Gasteiger partial charge in [-0.3, -0.25) is 14.7 Å². The molecule has 156 valence electrons. The molecule has 0 radical (unpaired) electrons. The Morgan fingerprint density at radius 3 is 2.43 bits per heavy atom. The van der Waals surface area contributed by atoms with Crippen LogP contribution in [0.5, 0.6) is 0 Å². The summed E-state index contributed by atoms with van der Waals surface area (Å²) < 4.78 is 0. The third-order valence-corrected chi connectivity index (χ3v) is 5.20. The van der Waals surface area contributed by atoms with Crippen LogP contribution >= 0.6 is 24.0 Å². The zero-order valence-corrected chi connectivity index (χ0v) is 19.2. The fourth-order valence-electron chi connectivity index (χ4n) is 3.54. The van der Waals surface area contributed by atoms with Crippen LogP contribution in [0.25, 0.3) is 0 Å². The molecule has 0 spiro atoms. The highest BCUT2D eigenvalue weighted by Gasteiger charge is 2.29. The van der Waals surface area contributed by atoms with Crippen molar-refractivity contribution in [3.63, 3.8) is 0 Å². The standard InChI is InChI=1S/C21H33N5O.HI/c1-2-22-21(24-13-12-23-20(27)18-10-11-18)25-16-19(26-14-6-7-15-26)17-8-4-3-5-9-17;/h3-5,8-9,18-19H,2,6-7,10-16H2,1H3,(H,23,27)(H2,22,24,25);1H. The molecule has 1 unspecified atom stereocenters. The number of hydrogen-bond acceptors (Lipinski definition) is 3. The molecule has 1 aromatic rings. The van der Waals surface area contributed by atoms with Gasteiger partial charge in [0.25, 0.3) is 0 Å². The van der Waals surface area contributed by atoms with Gasteiger partial charge in [-0.1, -0.05) is 30.3 Å². The Morgan fingerprint density at radius 1 is 1.11 bits per heavy atom. The minimum absolute atomic E-state index is 0. The van der Waals surface area contributed by atoms with Crippen molar-refractivity contribution in [2.75, 3.05) is 39.3 Å². The fourth-order valence-corrected chi connectivity index (χ4v) is 3.54. The Kier molecular flexibility index (Phi) is 10.0. The predicted octanol–water partition coefficient (Wildman–Crippen LogP) is 2.52. The second kappa shape index (κ2) is 12.3. The maximum atomic E-state index is 11.7. The van der Waals surface area contributed by atoms with E-state index < -0.39 is 0 Å². The topological polar surface area (TPSA) is 68.8 Å². The van der Waals surface area contributed by atoms with Gasteiger partial charge < -0.3 is 16.0 Å². The SMILES string of the molecule is CCNC(=NCC(c1ccccc1)N1CCCC1)NCCNC(=O)C1CC1.I. The Balaban J connectivity index is 0.00000280. The number of halogens is 1. The number of aliphatic imine (C=N–C) groups is 1. The highest BCUT2D eigenvalue weighted by molar-refractivity contribution is 14.0. The summed E-state index contributed by atoms with van der Waals surface area (Å²) in [6.45, 7) is 7.23. The van der Waals surface area contributed by atoms with Gasteiger partial charge in [0.15, 0.2) is 5.96 Å². The van der Waals surface area contributed by atoms with E-state index in [1.54, 1.807) is 0 Å². The zero-order valence-electron chi connectivity index (χ0n) is 16.8. The van der Waals surface area contributed by atoms with Crippen molar-refractivity contribution in [3.8, 4) is 0 Å². The lowest BCUT2D eigenvalue weighted by molar-refractivity contribution is -0.122. The summed E-state index contributed by atoms with van der Waals surface area (Å²) >= 11 is 0. The number of guanidine groups is 1. The number of hydrogen-bond donors (Lipinski definition) is 3. The molecule has 28 heavy (non-hydrogen) atoms. The largest absolute Gasteiger partial charge is 0.357 e. The van der Waals surface area contributed by atoms with Crippen molar-refractivity contribution in [2.45, 2.75) is 38.6 Å². The fraction of sp³-hybridized carbons (Fsp3) is 0.619. The van der Waals surface area contributed by atoms with Crippen LogP contribution in [-0.2, 0) is 4.79 Å². The molecule has 1 aliphatic heterocycles. The van der Waals surface area contributed by atoms with Gasteiger partial charge in [-0.2, -0.15) is 0 Å². The van der Waals surface area contributed by atoms with Gasteiger partial charge >= 0.3 is 0 Å². The second-order valence-corrected chi connectivity index (χ2v) is 7.38. The first-order valence-corrected chi connectivity index (χ1v) is 10.4. The van der Waals surface area contributed by atoms with Crippen molar-refractivity contribution in [1.82, 2.24) is 20.9 Å². The van der Waals surface area contributed by atoms with E-state index in [2.05, 4.69) is 58.1 Å². The van der Waals surface area contributed by atoms with Gasteiger partial charge in [-0.25, -0.2) is 0 Å². The van der Waals surface area contributed by atoms with E-state index in [1.807, 2.05) is 0 Å². The van der Waals surface area contributed by atoms with Crippen molar-refractivity contribution in [1.29, 1.82) is 0 Å². The molecule has 2 aliphatic rings. The molecule has 1 saturated carbocycles. The van der Waals surface area contributed by atoms with Crippen LogP contribution in [0, 0.1) is 5.92 Å². The van der Waals surface area contributed by atoms with Crippen LogP contribution < -0.4 is 16.0 Å². The zero-order chi connectivity index (χ0) is 18.9. The molecule has 3 N–H and O–H groups in total. The summed E-state index contributed by atoms with van der Waals surface area (Å²) in [7, 11) is 0. The molecular formula is C21H34IN5O. The molecule has 3 rings (SSSR count).